The summed E-state index contributed by atoms with van der Waals surface area (Å²) < 4.78 is 37.3. The maximum absolute atomic E-state index is 12.5. The van der Waals surface area contributed by atoms with Gasteiger partial charge < -0.3 is 19.4 Å². The van der Waals surface area contributed by atoms with E-state index in [0.29, 0.717) is 26.1 Å². The SMILES string of the molecule is CC(OCCCCCF)C1=Cc2cc3[nH]c(cc4nc(cc5ccc(cc1n2)[nH]5)C=C4)cc3C(C)OCCCCCF.[K].[K]. The number of fused-ring (bicyclic) bond motifs is 8. The number of aromatic nitrogens is 4. The molecule has 3 aromatic heterocycles. The molecule has 44 heavy (non-hydrogen) atoms. The summed E-state index contributed by atoms with van der Waals surface area (Å²) in [6.07, 6.45) is 10.2. The Morgan fingerprint density at radius 2 is 1.27 bits per heavy atom. The fraction of sp³-hybridized carbons (Fsp3) is 0.412. The van der Waals surface area contributed by atoms with E-state index >= 15 is 0 Å². The predicted molar refractivity (Wildman–Crippen MR) is 179 cm³/mol. The zero-order chi connectivity index (χ0) is 29.3. The molecule has 8 bridgehead atoms. The van der Waals surface area contributed by atoms with E-state index in [0.717, 1.165) is 81.7 Å². The van der Waals surface area contributed by atoms with Gasteiger partial charge in [-0.15, -0.1) is 0 Å². The Bertz CT molecular complexity index is 1580. The van der Waals surface area contributed by atoms with Crippen LogP contribution in [0.4, 0.5) is 8.78 Å². The van der Waals surface area contributed by atoms with Crippen molar-refractivity contribution in [2.45, 2.75) is 64.6 Å². The number of H-pyrrole nitrogens is 2. The molecule has 6 nitrogen and oxygen atoms in total. The molecule has 2 aliphatic rings. The van der Waals surface area contributed by atoms with Gasteiger partial charge >= 0.3 is 0 Å². The van der Waals surface area contributed by atoms with Gasteiger partial charge in [0.05, 0.1) is 48.3 Å². The van der Waals surface area contributed by atoms with Crippen molar-refractivity contribution < 1.29 is 18.3 Å². The average molecular weight is 653 g/mol. The number of rotatable bonds is 14. The van der Waals surface area contributed by atoms with Crippen molar-refractivity contribution in [1.29, 1.82) is 0 Å². The molecule has 2 unspecified atom stereocenters. The number of aromatic amines is 2. The molecule has 2 aliphatic heterocycles. The summed E-state index contributed by atoms with van der Waals surface area (Å²) in [7, 11) is 0. The largest absolute Gasteiger partial charge is 0.374 e. The van der Waals surface area contributed by atoms with Gasteiger partial charge in [0.2, 0.25) is 0 Å². The van der Waals surface area contributed by atoms with Crippen LogP contribution in [0.25, 0.3) is 45.9 Å². The van der Waals surface area contributed by atoms with Crippen molar-refractivity contribution >= 4 is 149 Å². The number of ether oxygens (including phenoxy) is 2. The molecule has 2 N–H and O–H groups in total. The number of nitrogens with zero attached hydrogens (tertiary/aromatic N) is 2. The molecule has 0 spiro atoms. The number of alkyl halides is 2. The van der Waals surface area contributed by atoms with E-state index in [4.69, 9.17) is 19.4 Å². The third-order valence-corrected chi connectivity index (χ3v) is 7.52. The van der Waals surface area contributed by atoms with Crippen LogP contribution in [-0.2, 0) is 9.47 Å². The van der Waals surface area contributed by atoms with Crippen molar-refractivity contribution in [2.24, 2.45) is 0 Å². The minimum atomic E-state index is -0.290. The van der Waals surface area contributed by atoms with Crippen LogP contribution in [0, 0.1) is 0 Å². The Labute approximate surface area is 343 Å². The van der Waals surface area contributed by atoms with Gasteiger partial charge in [0.1, 0.15) is 0 Å². The number of hydrogen-bond donors (Lipinski definition) is 2. The topological polar surface area (TPSA) is 75.8 Å². The van der Waals surface area contributed by atoms with Gasteiger partial charge in [0.25, 0.3) is 0 Å². The van der Waals surface area contributed by atoms with E-state index in [2.05, 4.69) is 22.1 Å². The van der Waals surface area contributed by atoms with Crippen molar-refractivity contribution in [3.05, 3.63) is 70.8 Å². The summed E-state index contributed by atoms with van der Waals surface area (Å²) in [6, 6.07) is 14.3. The Kier molecular flexibility index (Phi) is 16.9. The second-order valence-electron chi connectivity index (χ2n) is 10.9. The van der Waals surface area contributed by atoms with Crippen molar-refractivity contribution in [3.63, 3.8) is 0 Å². The summed E-state index contributed by atoms with van der Waals surface area (Å²) in [5, 5.41) is 0. The van der Waals surface area contributed by atoms with Gasteiger partial charge in [-0.25, -0.2) is 9.97 Å². The molecule has 0 fully saturated rings. The predicted octanol–water partition coefficient (Wildman–Crippen LogP) is 8.03. The van der Waals surface area contributed by atoms with E-state index in [-0.39, 0.29) is 128 Å². The number of nitrogens with one attached hydrogen (secondary N) is 2. The van der Waals surface area contributed by atoms with Crippen LogP contribution < -0.4 is 0 Å². The maximum atomic E-state index is 12.5. The fourth-order valence-electron chi connectivity index (χ4n) is 5.24. The van der Waals surface area contributed by atoms with Gasteiger partial charge in [-0.05, 0) is 113 Å². The summed E-state index contributed by atoms with van der Waals surface area (Å²) in [4.78, 5) is 16.8. The molecule has 3 aromatic rings. The number of halogens is 2. The number of unbranched alkanes of at least 4 members (excludes halogenated alkanes) is 4. The van der Waals surface area contributed by atoms with E-state index in [1.165, 1.54) is 0 Å². The summed E-state index contributed by atoms with van der Waals surface area (Å²) >= 11 is 0. The van der Waals surface area contributed by atoms with Crippen LogP contribution in [-0.4, -0.2) is 155 Å². The molecular formula is C34H40F2K2N4O2. The molecular weight excluding hydrogens is 613 g/mol. The van der Waals surface area contributed by atoms with Crippen molar-refractivity contribution in [3.8, 4) is 0 Å². The molecule has 2 radical (unpaired) electrons. The molecule has 2 atom stereocenters. The minimum Gasteiger partial charge on any atom is -0.374 e. The quantitative estimate of drug-likeness (QED) is 0.107. The normalized spacial score (nSPS) is 13.6. The van der Waals surface area contributed by atoms with Gasteiger partial charge in [0.15, 0.2) is 0 Å². The Morgan fingerprint density at radius 1 is 0.659 bits per heavy atom. The van der Waals surface area contributed by atoms with Gasteiger partial charge in [-0.3, -0.25) is 8.78 Å². The van der Waals surface area contributed by atoms with Crippen molar-refractivity contribution in [2.75, 3.05) is 26.6 Å². The molecule has 0 amide bonds. The second kappa shape index (κ2) is 19.5. The zero-order valence-corrected chi connectivity index (χ0v) is 32.7. The monoisotopic (exact) mass is 652 g/mol. The summed E-state index contributed by atoms with van der Waals surface area (Å²) in [6.45, 7) is 4.64. The standard InChI is InChI=1S/C34H40F2N4O2.2K/c1-23(41-15-7-3-5-13-35)31-19-29-18-27-10-9-25(37-27)17-26-11-12-28(38-26)21-33-32(20-30(40-33)22-34(31)39-29)24(2)42-16-8-4-6-14-36;;/h9-12,17-24,38-39H,3-8,13-16H2,1-2H3;;. The molecule has 5 rings (SSSR count). The Balaban J connectivity index is 0.00000264. The molecule has 0 saturated heterocycles. The van der Waals surface area contributed by atoms with E-state index < -0.39 is 0 Å². The minimum absolute atomic E-state index is 0. The van der Waals surface area contributed by atoms with E-state index in [1.54, 1.807) is 0 Å². The molecule has 224 valence electrons. The van der Waals surface area contributed by atoms with Crippen LogP contribution in [0.5, 0.6) is 0 Å². The zero-order valence-electron chi connectivity index (χ0n) is 26.5. The first-order chi connectivity index (χ1) is 20.5. The summed E-state index contributed by atoms with van der Waals surface area (Å²) in [5.41, 5.74) is 9.13. The molecule has 0 aliphatic carbocycles. The average Bonchev–Trinajstić information content (AvgIpc) is 3.77. The Hall–Kier alpha value is -0.347. The third-order valence-electron chi connectivity index (χ3n) is 7.52. The molecule has 0 saturated carbocycles. The first kappa shape index (κ1) is 38.1. The van der Waals surface area contributed by atoms with E-state index in [1.807, 2.05) is 62.4 Å². The molecule has 0 aromatic carbocycles. The van der Waals surface area contributed by atoms with Gasteiger partial charge in [0, 0.05) is 149 Å². The summed E-state index contributed by atoms with van der Waals surface area (Å²) in [5.74, 6) is 0. The van der Waals surface area contributed by atoms with Crippen molar-refractivity contribution in [1.82, 2.24) is 19.9 Å². The van der Waals surface area contributed by atoms with Gasteiger partial charge in [-0.2, -0.15) is 0 Å². The molecule has 5 heterocycles. The van der Waals surface area contributed by atoms with Crippen LogP contribution in [0.2, 0.25) is 0 Å². The van der Waals surface area contributed by atoms with Crippen LogP contribution in [0.3, 0.4) is 0 Å². The van der Waals surface area contributed by atoms with Crippen LogP contribution >= 0.6 is 0 Å². The first-order valence-corrected chi connectivity index (χ1v) is 15.0. The van der Waals surface area contributed by atoms with Crippen LogP contribution in [0.15, 0.2) is 42.5 Å². The van der Waals surface area contributed by atoms with E-state index in [9.17, 15) is 8.78 Å². The molecule has 10 heteroatoms. The maximum Gasteiger partial charge on any atom is 0.0894 e. The van der Waals surface area contributed by atoms with Crippen LogP contribution in [0.1, 0.15) is 86.8 Å². The fourth-order valence-corrected chi connectivity index (χ4v) is 5.24. The Morgan fingerprint density at radius 3 is 1.93 bits per heavy atom. The third kappa shape index (κ3) is 10.8. The first-order valence-electron chi connectivity index (χ1n) is 15.0. The second-order valence-corrected chi connectivity index (χ2v) is 10.9. The smallest absolute Gasteiger partial charge is 0.0894 e. The number of hydrogen-bond acceptors (Lipinski definition) is 4. The van der Waals surface area contributed by atoms with Gasteiger partial charge in [-0.1, -0.05) is 0 Å².